The predicted molar refractivity (Wildman–Crippen MR) is 87.0 cm³/mol. The van der Waals surface area contributed by atoms with Gasteiger partial charge in [0, 0.05) is 24.7 Å². The van der Waals surface area contributed by atoms with Gasteiger partial charge in [-0.25, -0.2) is 4.98 Å². The molecule has 1 unspecified atom stereocenters. The van der Waals surface area contributed by atoms with E-state index in [4.69, 9.17) is 4.42 Å². The van der Waals surface area contributed by atoms with Gasteiger partial charge in [0.15, 0.2) is 11.5 Å². The van der Waals surface area contributed by atoms with Crippen LogP contribution in [0, 0.1) is 0 Å². The van der Waals surface area contributed by atoms with Crippen molar-refractivity contribution in [3.8, 4) is 0 Å². The van der Waals surface area contributed by atoms with E-state index in [0.29, 0.717) is 0 Å². The molecule has 0 saturated carbocycles. The number of aromatic nitrogens is 1. The Morgan fingerprint density at radius 1 is 1.27 bits per heavy atom. The van der Waals surface area contributed by atoms with Crippen molar-refractivity contribution in [2.45, 2.75) is 45.6 Å². The van der Waals surface area contributed by atoms with E-state index in [0.717, 1.165) is 48.6 Å². The normalized spacial score (nSPS) is 16.5. The lowest BCUT2D eigenvalue weighted by molar-refractivity contribution is -0.130. The molecule has 1 aliphatic rings. The van der Waals surface area contributed by atoms with E-state index in [-0.39, 0.29) is 17.9 Å². The minimum absolute atomic E-state index is 0.167. The first-order valence-electron chi connectivity index (χ1n) is 8.00. The third-order valence-corrected chi connectivity index (χ3v) is 4.07. The Morgan fingerprint density at radius 2 is 2.00 bits per heavy atom. The highest BCUT2D eigenvalue weighted by atomic mass is 16.3. The van der Waals surface area contributed by atoms with Gasteiger partial charge in [-0.15, -0.1) is 0 Å². The summed E-state index contributed by atoms with van der Waals surface area (Å²) in [4.78, 5) is 18.8. The molecule has 2 heterocycles. The molecule has 5 nitrogen and oxygen atoms in total. The fourth-order valence-corrected chi connectivity index (χ4v) is 2.81. The van der Waals surface area contributed by atoms with Gasteiger partial charge in [0.25, 0.3) is 0 Å². The van der Waals surface area contributed by atoms with Crippen molar-refractivity contribution in [1.29, 1.82) is 0 Å². The fourth-order valence-electron chi connectivity index (χ4n) is 2.81. The van der Waals surface area contributed by atoms with Crippen LogP contribution in [0.1, 0.15) is 45.4 Å². The summed E-state index contributed by atoms with van der Waals surface area (Å²) in [6, 6.07) is 5.56. The Hall–Kier alpha value is -2.04. The number of likely N-dealkylation sites (tertiary alicyclic amines) is 1. The number of benzene rings is 1. The second kappa shape index (κ2) is 5.99. The number of carbonyl (C=O) groups is 1. The van der Waals surface area contributed by atoms with Crippen molar-refractivity contribution in [3.05, 3.63) is 24.1 Å². The lowest BCUT2D eigenvalue weighted by Gasteiger charge is -2.21. The van der Waals surface area contributed by atoms with E-state index in [9.17, 15) is 4.79 Å². The van der Waals surface area contributed by atoms with Crippen LogP contribution in [0.2, 0.25) is 0 Å². The topological polar surface area (TPSA) is 58.4 Å². The first-order chi connectivity index (χ1) is 10.5. The van der Waals surface area contributed by atoms with Gasteiger partial charge in [0.1, 0.15) is 11.6 Å². The summed E-state index contributed by atoms with van der Waals surface area (Å²) in [6.07, 6.45) is 2.22. The molecular weight excluding hydrogens is 278 g/mol. The molecule has 1 aliphatic heterocycles. The monoisotopic (exact) mass is 301 g/mol. The molecule has 1 amide bonds. The van der Waals surface area contributed by atoms with Gasteiger partial charge in [-0.05, 0) is 38.0 Å². The second-order valence-corrected chi connectivity index (χ2v) is 6.29. The summed E-state index contributed by atoms with van der Waals surface area (Å²) < 4.78 is 5.70. The van der Waals surface area contributed by atoms with Gasteiger partial charge in [0.2, 0.25) is 5.91 Å². The molecule has 0 spiro atoms. The maximum absolute atomic E-state index is 12.3. The average Bonchev–Trinajstić information content (AvgIpc) is 3.15. The molecule has 0 bridgehead atoms. The van der Waals surface area contributed by atoms with Crippen LogP contribution < -0.4 is 5.32 Å². The number of hydrogen-bond donors (Lipinski definition) is 1. The molecule has 22 heavy (non-hydrogen) atoms. The largest absolute Gasteiger partial charge is 0.440 e. The molecule has 3 rings (SSSR count). The fraction of sp³-hybridized carbons (Fsp3) is 0.529. The minimum atomic E-state index is -0.230. The summed E-state index contributed by atoms with van der Waals surface area (Å²) in [5.74, 6) is 1.17. The highest BCUT2D eigenvalue weighted by Crippen LogP contribution is 2.24. The number of oxazole rings is 1. The molecule has 1 saturated heterocycles. The van der Waals surface area contributed by atoms with Crippen LogP contribution in [0.4, 0.5) is 5.69 Å². The van der Waals surface area contributed by atoms with Crippen LogP contribution >= 0.6 is 0 Å². The van der Waals surface area contributed by atoms with Crippen molar-refractivity contribution < 1.29 is 9.21 Å². The van der Waals surface area contributed by atoms with E-state index in [1.165, 1.54) is 0 Å². The number of rotatable bonds is 4. The zero-order valence-electron chi connectivity index (χ0n) is 13.4. The van der Waals surface area contributed by atoms with Crippen LogP contribution in [0.15, 0.2) is 22.6 Å². The van der Waals surface area contributed by atoms with Gasteiger partial charge < -0.3 is 14.6 Å². The van der Waals surface area contributed by atoms with E-state index in [1.54, 1.807) is 0 Å². The maximum atomic E-state index is 12.3. The van der Waals surface area contributed by atoms with E-state index in [1.807, 2.05) is 30.0 Å². The van der Waals surface area contributed by atoms with Crippen LogP contribution in [0.25, 0.3) is 11.1 Å². The summed E-state index contributed by atoms with van der Waals surface area (Å²) in [5.41, 5.74) is 2.51. The zero-order valence-corrected chi connectivity index (χ0v) is 13.4. The minimum Gasteiger partial charge on any atom is -0.440 e. The van der Waals surface area contributed by atoms with Gasteiger partial charge in [-0.2, -0.15) is 0 Å². The number of anilines is 1. The van der Waals surface area contributed by atoms with Crippen LogP contribution in [-0.4, -0.2) is 34.9 Å². The number of nitrogens with zero attached hydrogens (tertiary/aromatic N) is 2. The van der Waals surface area contributed by atoms with Crippen molar-refractivity contribution in [3.63, 3.8) is 0 Å². The molecule has 1 N–H and O–H groups in total. The van der Waals surface area contributed by atoms with Crippen molar-refractivity contribution in [2.75, 3.05) is 18.4 Å². The summed E-state index contributed by atoms with van der Waals surface area (Å²) in [5, 5.41) is 3.28. The quantitative estimate of drug-likeness (QED) is 0.940. The maximum Gasteiger partial charge on any atom is 0.244 e. The molecule has 2 aromatic rings. The second-order valence-electron chi connectivity index (χ2n) is 6.29. The molecule has 5 heteroatoms. The SMILES string of the molecule is CC(Nc1ccc2oc(C(C)C)nc2c1)C(=O)N1CCCC1. The van der Waals surface area contributed by atoms with Gasteiger partial charge >= 0.3 is 0 Å². The molecule has 0 radical (unpaired) electrons. The van der Waals surface area contributed by atoms with E-state index >= 15 is 0 Å². The van der Waals surface area contributed by atoms with Gasteiger partial charge in [0.05, 0.1) is 0 Å². The predicted octanol–water partition coefficient (Wildman–Crippen LogP) is 3.37. The molecule has 118 valence electrons. The van der Waals surface area contributed by atoms with Crippen molar-refractivity contribution in [1.82, 2.24) is 9.88 Å². The first kappa shape index (κ1) is 14.9. The highest BCUT2D eigenvalue weighted by Gasteiger charge is 2.23. The summed E-state index contributed by atoms with van der Waals surface area (Å²) in [6.45, 7) is 7.78. The smallest absolute Gasteiger partial charge is 0.244 e. The number of amides is 1. The third kappa shape index (κ3) is 2.93. The summed E-state index contributed by atoms with van der Waals surface area (Å²) in [7, 11) is 0. The Bertz CT molecular complexity index is 672. The van der Waals surface area contributed by atoms with Crippen LogP contribution in [0.3, 0.4) is 0 Å². The molecule has 0 aliphatic carbocycles. The summed E-state index contributed by atoms with van der Waals surface area (Å²) >= 11 is 0. The molecule has 1 atom stereocenters. The lowest BCUT2D eigenvalue weighted by Crippen LogP contribution is -2.39. The lowest BCUT2D eigenvalue weighted by atomic mass is 10.2. The first-order valence-corrected chi connectivity index (χ1v) is 8.00. The van der Waals surface area contributed by atoms with Crippen molar-refractivity contribution in [2.24, 2.45) is 0 Å². The zero-order chi connectivity index (χ0) is 15.7. The highest BCUT2D eigenvalue weighted by molar-refractivity contribution is 5.85. The van der Waals surface area contributed by atoms with E-state index in [2.05, 4.69) is 24.1 Å². The van der Waals surface area contributed by atoms with Gasteiger partial charge in [-0.3, -0.25) is 4.79 Å². The number of hydrogen-bond acceptors (Lipinski definition) is 4. The van der Waals surface area contributed by atoms with E-state index < -0.39 is 0 Å². The Morgan fingerprint density at radius 3 is 2.68 bits per heavy atom. The molecule has 1 aromatic carbocycles. The van der Waals surface area contributed by atoms with Crippen LogP contribution in [0.5, 0.6) is 0 Å². The Labute approximate surface area is 130 Å². The number of fused-ring (bicyclic) bond motifs is 1. The molecular formula is C17H23N3O2. The number of carbonyl (C=O) groups excluding carboxylic acids is 1. The van der Waals surface area contributed by atoms with Crippen LogP contribution in [-0.2, 0) is 4.79 Å². The van der Waals surface area contributed by atoms with Gasteiger partial charge in [-0.1, -0.05) is 13.8 Å². The molecule has 1 aromatic heterocycles. The average molecular weight is 301 g/mol. The molecule has 1 fully saturated rings. The third-order valence-electron chi connectivity index (χ3n) is 4.07. The van der Waals surface area contributed by atoms with Crippen molar-refractivity contribution >= 4 is 22.7 Å². The Balaban J connectivity index is 1.74. The number of nitrogens with one attached hydrogen (secondary N) is 1. The standard InChI is InChI=1S/C17H23N3O2/c1-11(2)16-19-14-10-13(6-7-15(14)22-16)18-12(3)17(21)20-8-4-5-9-20/h6-7,10-12,18H,4-5,8-9H2,1-3H3. The Kier molecular flexibility index (Phi) is 4.05.